The van der Waals surface area contributed by atoms with Gasteiger partial charge in [-0.2, -0.15) is 0 Å². The van der Waals surface area contributed by atoms with Crippen molar-refractivity contribution in [1.82, 2.24) is 0 Å². The molecule has 20 heavy (non-hydrogen) atoms. The van der Waals surface area contributed by atoms with E-state index in [1.54, 1.807) is 0 Å². The molecule has 1 aliphatic carbocycles. The van der Waals surface area contributed by atoms with Crippen molar-refractivity contribution in [3.05, 3.63) is 24.3 Å². The molecule has 0 aromatic heterocycles. The summed E-state index contributed by atoms with van der Waals surface area (Å²) < 4.78 is 11.8. The standard InChI is InChI=1S/C16H16O4/c1-2-16-4-3-7-12(10-5-8(17)14(7)19-10)13(16)11-6-9(18)15(16)20-11/h2-3,10-15H,1,4-6H2/t10-,11-,12+,13+,14-,15+,16-/m0/s1. The normalized spacial score (nSPS) is 54.9. The highest BCUT2D eigenvalue weighted by Crippen LogP contribution is 2.63. The van der Waals surface area contributed by atoms with Crippen molar-refractivity contribution in [3.8, 4) is 0 Å². The lowest BCUT2D eigenvalue weighted by molar-refractivity contribution is -0.126. The monoisotopic (exact) mass is 272 g/mol. The molecule has 7 atom stereocenters. The van der Waals surface area contributed by atoms with Gasteiger partial charge in [0.1, 0.15) is 12.2 Å². The first kappa shape index (κ1) is 11.4. The third kappa shape index (κ3) is 1.02. The summed E-state index contributed by atoms with van der Waals surface area (Å²) in [6, 6.07) is 0. The zero-order valence-electron chi connectivity index (χ0n) is 11.1. The van der Waals surface area contributed by atoms with Crippen molar-refractivity contribution in [3.63, 3.8) is 0 Å². The van der Waals surface area contributed by atoms with Gasteiger partial charge in [0.25, 0.3) is 0 Å². The SMILES string of the molecule is C=C[C@]12CC=C3[C@@H]4O[C@@H](CC4=O)[C@@H]3[C@H]1[C@@H]1CC(=O)[C@H]2O1. The fourth-order valence-corrected chi connectivity index (χ4v) is 5.34. The molecule has 4 nitrogen and oxygen atoms in total. The van der Waals surface area contributed by atoms with Crippen LogP contribution in [0.3, 0.4) is 0 Å². The van der Waals surface area contributed by atoms with Gasteiger partial charge in [-0.1, -0.05) is 12.2 Å². The van der Waals surface area contributed by atoms with Gasteiger partial charge in [0.15, 0.2) is 11.6 Å². The van der Waals surface area contributed by atoms with E-state index in [-0.39, 0.29) is 53.2 Å². The lowest BCUT2D eigenvalue weighted by Gasteiger charge is -2.46. The van der Waals surface area contributed by atoms with E-state index >= 15 is 0 Å². The molecule has 4 heterocycles. The van der Waals surface area contributed by atoms with Crippen LogP contribution < -0.4 is 0 Å². The minimum absolute atomic E-state index is 0.0126. The zero-order valence-corrected chi connectivity index (χ0v) is 11.1. The summed E-state index contributed by atoms with van der Waals surface area (Å²) in [5.74, 6) is 0.922. The highest BCUT2D eigenvalue weighted by Gasteiger charge is 2.69. The van der Waals surface area contributed by atoms with Crippen LogP contribution >= 0.6 is 0 Å². The average Bonchev–Trinajstić information content (AvgIpc) is 3.15. The summed E-state index contributed by atoms with van der Waals surface area (Å²) in [4.78, 5) is 24.0. The molecule has 5 rings (SSSR count). The van der Waals surface area contributed by atoms with Crippen molar-refractivity contribution < 1.29 is 19.1 Å². The van der Waals surface area contributed by atoms with Crippen LogP contribution in [0.4, 0.5) is 0 Å². The molecule has 4 heteroatoms. The minimum atomic E-state index is -0.331. The topological polar surface area (TPSA) is 52.6 Å². The molecular weight excluding hydrogens is 256 g/mol. The van der Waals surface area contributed by atoms with E-state index in [0.29, 0.717) is 12.8 Å². The largest absolute Gasteiger partial charge is 0.365 e. The number of carbonyl (C=O) groups excluding carboxylic acids is 2. The molecule has 4 fully saturated rings. The first-order valence-corrected chi connectivity index (χ1v) is 7.35. The number of ketones is 2. The predicted octanol–water partition coefficient (Wildman–Crippen LogP) is 1.20. The molecule has 0 radical (unpaired) electrons. The zero-order chi connectivity index (χ0) is 13.6. The van der Waals surface area contributed by atoms with E-state index in [0.717, 1.165) is 12.0 Å². The quantitative estimate of drug-likeness (QED) is 0.673. The van der Waals surface area contributed by atoms with Crippen molar-refractivity contribution in [2.45, 2.75) is 43.7 Å². The third-order valence-electron chi connectivity index (χ3n) is 6.07. The molecule has 4 saturated heterocycles. The van der Waals surface area contributed by atoms with Gasteiger partial charge in [-0.15, -0.1) is 6.58 Å². The van der Waals surface area contributed by atoms with Gasteiger partial charge in [-0.05, 0) is 12.0 Å². The highest BCUT2D eigenvalue weighted by molar-refractivity contribution is 5.91. The summed E-state index contributed by atoms with van der Waals surface area (Å²) in [6.45, 7) is 3.99. The van der Waals surface area contributed by atoms with Crippen LogP contribution in [0.5, 0.6) is 0 Å². The molecule has 0 unspecified atom stereocenters. The molecule has 0 N–H and O–H groups in total. The van der Waals surface area contributed by atoms with Crippen LogP contribution in [-0.4, -0.2) is 36.0 Å². The number of rotatable bonds is 1. The summed E-state index contributed by atoms with van der Waals surface area (Å²) in [6.07, 6.45) is 5.16. The Morgan fingerprint density at radius 2 is 2.00 bits per heavy atom. The number of fused-ring (bicyclic) bond motifs is 11. The smallest absolute Gasteiger partial charge is 0.168 e. The molecule has 4 aliphatic heterocycles. The second kappa shape index (κ2) is 3.31. The molecule has 0 aromatic rings. The molecule has 5 aliphatic rings. The maximum absolute atomic E-state index is 12.1. The van der Waals surface area contributed by atoms with Gasteiger partial charge in [0.2, 0.25) is 0 Å². The molecule has 0 amide bonds. The Bertz CT molecular complexity index is 591. The number of carbonyl (C=O) groups is 2. The molecule has 0 aromatic carbocycles. The Morgan fingerprint density at radius 3 is 2.80 bits per heavy atom. The van der Waals surface area contributed by atoms with Crippen LogP contribution in [0.15, 0.2) is 24.3 Å². The summed E-state index contributed by atoms with van der Waals surface area (Å²) >= 11 is 0. The lowest BCUT2D eigenvalue weighted by Crippen LogP contribution is -2.51. The van der Waals surface area contributed by atoms with Crippen molar-refractivity contribution in [1.29, 1.82) is 0 Å². The van der Waals surface area contributed by atoms with Crippen LogP contribution in [0.25, 0.3) is 0 Å². The van der Waals surface area contributed by atoms with Gasteiger partial charge < -0.3 is 9.47 Å². The number of hydrogen-bond acceptors (Lipinski definition) is 4. The Kier molecular flexibility index (Phi) is 1.89. The number of hydrogen-bond donors (Lipinski definition) is 0. The average molecular weight is 272 g/mol. The Labute approximate surface area is 116 Å². The van der Waals surface area contributed by atoms with E-state index in [2.05, 4.69) is 12.7 Å². The van der Waals surface area contributed by atoms with E-state index in [1.807, 2.05) is 6.08 Å². The van der Waals surface area contributed by atoms with Crippen molar-refractivity contribution >= 4 is 11.6 Å². The number of allylic oxidation sites excluding steroid dienone is 1. The molecule has 104 valence electrons. The van der Waals surface area contributed by atoms with E-state index in [9.17, 15) is 9.59 Å². The number of ether oxygens (including phenoxy) is 2. The van der Waals surface area contributed by atoms with Gasteiger partial charge in [0.05, 0.1) is 12.2 Å². The first-order valence-electron chi connectivity index (χ1n) is 7.35. The second-order valence-corrected chi connectivity index (χ2v) is 6.73. The fraction of sp³-hybridized carbons (Fsp3) is 0.625. The summed E-state index contributed by atoms with van der Waals surface area (Å²) in [5, 5.41) is 0. The summed E-state index contributed by atoms with van der Waals surface area (Å²) in [5.41, 5.74) is 0.878. The number of Topliss-reactive ketones (excluding diaryl/α,β-unsaturated/α-hetero) is 2. The van der Waals surface area contributed by atoms with Gasteiger partial charge in [-0.3, -0.25) is 9.59 Å². The molecule has 4 bridgehead atoms. The maximum Gasteiger partial charge on any atom is 0.168 e. The Hall–Kier alpha value is -1.26. The summed E-state index contributed by atoms with van der Waals surface area (Å²) in [7, 11) is 0. The Balaban J connectivity index is 1.66. The van der Waals surface area contributed by atoms with Crippen LogP contribution in [0.2, 0.25) is 0 Å². The van der Waals surface area contributed by atoms with Crippen LogP contribution in [0.1, 0.15) is 19.3 Å². The van der Waals surface area contributed by atoms with E-state index in [1.165, 1.54) is 0 Å². The molecule has 0 saturated carbocycles. The van der Waals surface area contributed by atoms with Gasteiger partial charge >= 0.3 is 0 Å². The molecule has 0 spiro atoms. The lowest BCUT2D eigenvalue weighted by atomic mass is 9.54. The third-order valence-corrected chi connectivity index (χ3v) is 6.07. The molecular formula is C16H16O4. The Morgan fingerprint density at radius 1 is 1.20 bits per heavy atom. The van der Waals surface area contributed by atoms with Crippen molar-refractivity contribution in [2.24, 2.45) is 17.3 Å². The van der Waals surface area contributed by atoms with Gasteiger partial charge in [0, 0.05) is 30.1 Å². The van der Waals surface area contributed by atoms with E-state index < -0.39 is 0 Å². The van der Waals surface area contributed by atoms with Crippen LogP contribution in [-0.2, 0) is 19.1 Å². The van der Waals surface area contributed by atoms with Gasteiger partial charge in [-0.25, -0.2) is 0 Å². The second-order valence-electron chi connectivity index (χ2n) is 6.73. The van der Waals surface area contributed by atoms with Crippen LogP contribution in [0, 0.1) is 17.3 Å². The maximum atomic E-state index is 12.1. The van der Waals surface area contributed by atoms with E-state index in [4.69, 9.17) is 9.47 Å². The first-order chi connectivity index (χ1) is 9.65. The van der Waals surface area contributed by atoms with Crippen molar-refractivity contribution in [2.75, 3.05) is 0 Å². The highest BCUT2D eigenvalue weighted by atomic mass is 16.5. The minimum Gasteiger partial charge on any atom is -0.365 e. The fourth-order valence-electron chi connectivity index (χ4n) is 5.34. The predicted molar refractivity (Wildman–Crippen MR) is 68.9 cm³/mol.